The molecule has 2 amide bonds. The van der Waals surface area contributed by atoms with Gasteiger partial charge in [0, 0.05) is 12.1 Å². The first kappa shape index (κ1) is 21.0. The molecule has 6 nitrogen and oxygen atoms in total. The summed E-state index contributed by atoms with van der Waals surface area (Å²) in [7, 11) is 1.54. The third kappa shape index (κ3) is 5.21. The molecule has 0 saturated carbocycles. The van der Waals surface area contributed by atoms with Gasteiger partial charge in [-0.25, -0.2) is 4.39 Å². The minimum absolute atomic E-state index is 0.108. The normalized spacial score (nSPS) is 11.4. The van der Waals surface area contributed by atoms with E-state index in [4.69, 9.17) is 4.74 Å². The van der Waals surface area contributed by atoms with Crippen molar-refractivity contribution in [3.05, 3.63) is 95.3 Å². The van der Waals surface area contributed by atoms with Gasteiger partial charge in [-0.3, -0.25) is 9.59 Å². The maximum Gasteiger partial charge on any atom is 0.255 e. The van der Waals surface area contributed by atoms with Crippen LogP contribution in [0.4, 0.5) is 10.1 Å². The number of carbonyl (C=O) groups is 2. The molecule has 3 rings (SSSR count). The monoisotopic (exact) mass is 408 g/mol. The van der Waals surface area contributed by atoms with Crippen molar-refractivity contribution < 1.29 is 23.8 Å². The summed E-state index contributed by atoms with van der Waals surface area (Å²) in [4.78, 5) is 25.1. The van der Waals surface area contributed by atoms with Gasteiger partial charge in [0.1, 0.15) is 11.6 Å². The minimum Gasteiger partial charge on any atom is -0.497 e. The predicted octanol–water partition coefficient (Wildman–Crippen LogP) is 3.55. The highest BCUT2D eigenvalue weighted by molar-refractivity contribution is 6.09. The van der Waals surface area contributed by atoms with Crippen LogP contribution in [0.5, 0.6) is 5.75 Å². The lowest BCUT2D eigenvalue weighted by atomic mass is 10.1. The Morgan fingerprint density at radius 2 is 1.73 bits per heavy atom. The number of nitrogens with one attached hydrogen (secondary N) is 2. The fraction of sp³-hybridized carbons (Fsp3) is 0.130. The van der Waals surface area contributed by atoms with Crippen LogP contribution in [0.1, 0.15) is 32.4 Å². The average molecular weight is 408 g/mol. The number of para-hydroxylation sites is 1. The lowest BCUT2D eigenvalue weighted by molar-refractivity contribution is 0.0917. The van der Waals surface area contributed by atoms with Crippen molar-refractivity contribution in [1.29, 1.82) is 0 Å². The number of aliphatic hydroxyl groups is 1. The fourth-order valence-electron chi connectivity index (χ4n) is 2.84. The number of ether oxygens (including phenoxy) is 1. The number of aliphatic hydroxyl groups excluding tert-OH is 1. The second kappa shape index (κ2) is 9.67. The number of halogens is 1. The topological polar surface area (TPSA) is 87.7 Å². The van der Waals surface area contributed by atoms with E-state index in [1.165, 1.54) is 25.3 Å². The van der Waals surface area contributed by atoms with Gasteiger partial charge in [0.15, 0.2) is 0 Å². The molecule has 0 saturated heterocycles. The highest BCUT2D eigenvalue weighted by atomic mass is 19.1. The Hall–Kier alpha value is -3.71. The van der Waals surface area contributed by atoms with E-state index in [1.54, 1.807) is 54.6 Å². The number of benzene rings is 3. The molecule has 0 aliphatic heterocycles. The van der Waals surface area contributed by atoms with Gasteiger partial charge >= 0.3 is 0 Å². The van der Waals surface area contributed by atoms with Crippen LogP contribution in [0, 0.1) is 5.82 Å². The zero-order valence-electron chi connectivity index (χ0n) is 16.3. The summed E-state index contributed by atoms with van der Waals surface area (Å²) >= 11 is 0. The molecular weight excluding hydrogens is 387 g/mol. The van der Waals surface area contributed by atoms with Crippen LogP contribution in [0.2, 0.25) is 0 Å². The first-order valence-electron chi connectivity index (χ1n) is 9.24. The Morgan fingerprint density at radius 1 is 1.00 bits per heavy atom. The third-order valence-corrected chi connectivity index (χ3v) is 4.46. The Balaban J connectivity index is 1.67. The summed E-state index contributed by atoms with van der Waals surface area (Å²) in [6.45, 7) is -0.108. The Kier molecular flexibility index (Phi) is 6.77. The van der Waals surface area contributed by atoms with Crippen LogP contribution in [0.15, 0.2) is 72.8 Å². The number of methoxy groups -OCH3 is 1. The van der Waals surface area contributed by atoms with Crippen LogP contribution in [0.3, 0.4) is 0 Å². The van der Waals surface area contributed by atoms with E-state index >= 15 is 0 Å². The molecule has 154 valence electrons. The maximum atomic E-state index is 13.3. The summed E-state index contributed by atoms with van der Waals surface area (Å²) in [5, 5.41) is 15.5. The summed E-state index contributed by atoms with van der Waals surface area (Å²) in [6, 6.07) is 18.6. The van der Waals surface area contributed by atoms with Crippen molar-refractivity contribution in [3.8, 4) is 5.75 Å². The quantitative estimate of drug-likeness (QED) is 0.558. The lowest BCUT2D eigenvalue weighted by Gasteiger charge is -2.14. The van der Waals surface area contributed by atoms with Crippen LogP contribution < -0.4 is 15.4 Å². The van der Waals surface area contributed by atoms with E-state index in [1.807, 2.05) is 0 Å². The summed E-state index contributed by atoms with van der Waals surface area (Å²) < 4.78 is 18.4. The van der Waals surface area contributed by atoms with Crippen LogP contribution in [-0.4, -0.2) is 30.6 Å². The molecule has 0 heterocycles. The lowest BCUT2D eigenvalue weighted by Crippen LogP contribution is -2.29. The van der Waals surface area contributed by atoms with Gasteiger partial charge in [-0.2, -0.15) is 0 Å². The highest BCUT2D eigenvalue weighted by Gasteiger charge is 2.16. The second-order valence-electron chi connectivity index (χ2n) is 6.51. The first-order valence-corrected chi connectivity index (χ1v) is 9.24. The Labute approximate surface area is 173 Å². The molecule has 7 heteroatoms. The predicted molar refractivity (Wildman–Crippen MR) is 111 cm³/mol. The molecule has 0 aromatic heterocycles. The summed E-state index contributed by atoms with van der Waals surface area (Å²) in [5.74, 6) is -0.693. The number of anilines is 1. The molecule has 0 fully saturated rings. The van der Waals surface area contributed by atoms with Crippen molar-refractivity contribution >= 4 is 17.5 Å². The van der Waals surface area contributed by atoms with Crippen LogP contribution in [0.25, 0.3) is 0 Å². The van der Waals surface area contributed by atoms with Crippen LogP contribution in [-0.2, 0) is 0 Å². The van der Waals surface area contributed by atoms with Gasteiger partial charge in [0.25, 0.3) is 11.8 Å². The van der Waals surface area contributed by atoms with E-state index in [9.17, 15) is 19.1 Å². The maximum absolute atomic E-state index is 13.3. The van der Waals surface area contributed by atoms with Crippen LogP contribution >= 0.6 is 0 Å². The number of hydrogen-bond donors (Lipinski definition) is 3. The highest BCUT2D eigenvalue weighted by Crippen LogP contribution is 2.19. The zero-order valence-corrected chi connectivity index (χ0v) is 16.3. The van der Waals surface area contributed by atoms with E-state index in [0.717, 1.165) is 0 Å². The van der Waals surface area contributed by atoms with Gasteiger partial charge in [-0.1, -0.05) is 24.3 Å². The van der Waals surface area contributed by atoms with E-state index in [0.29, 0.717) is 22.6 Å². The van der Waals surface area contributed by atoms with Crippen molar-refractivity contribution in [2.75, 3.05) is 19.0 Å². The number of hydrogen-bond acceptors (Lipinski definition) is 4. The van der Waals surface area contributed by atoms with Crippen molar-refractivity contribution in [2.24, 2.45) is 0 Å². The molecule has 3 N–H and O–H groups in total. The minimum atomic E-state index is -1.06. The van der Waals surface area contributed by atoms with Crippen molar-refractivity contribution in [3.63, 3.8) is 0 Å². The van der Waals surface area contributed by atoms with Gasteiger partial charge in [0.05, 0.1) is 24.5 Å². The molecule has 0 radical (unpaired) electrons. The first-order chi connectivity index (χ1) is 14.5. The largest absolute Gasteiger partial charge is 0.497 e. The molecule has 0 aliphatic rings. The molecule has 1 atom stereocenters. The molecule has 0 bridgehead atoms. The van der Waals surface area contributed by atoms with Crippen molar-refractivity contribution in [2.45, 2.75) is 6.10 Å². The van der Waals surface area contributed by atoms with Crippen molar-refractivity contribution in [1.82, 2.24) is 5.32 Å². The molecule has 0 aliphatic carbocycles. The molecule has 3 aromatic carbocycles. The molecule has 1 unspecified atom stereocenters. The number of carbonyl (C=O) groups excluding carboxylic acids is 2. The fourth-order valence-corrected chi connectivity index (χ4v) is 2.84. The van der Waals surface area contributed by atoms with E-state index < -0.39 is 17.8 Å². The standard InChI is InChI=1S/C23H21FN2O4/c1-30-18-11-9-15(10-12-18)22(28)26-20-8-3-2-7-19(20)23(29)25-14-21(27)16-5-4-6-17(24)13-16/h2-13,21,27H,14H2,1H3,(H,25,29)(H,26,28). The molecular formula is C23H21FN2O4. The molecule has 30 heavy (non-hydrogen) atoms. The third-order valence-electron chi connectivity index (χ3n) is 4.46. The van der Waals surface area contributed by atoms with Gasteiger partial charge in [-0.15, -0.1) is 0 Å². The number of rotatable bonds is 7. The Morgan fingerprint density at radius 3 is 2.43 bits per heavy atom. The summed E-state index contributed by atoms with van der Waals surface area (Å²) in [5.41, 5.74) is 1.34. The van der Waals surface area contributed by atoms with Gasteiger partial charge in [0.2, 0.25) is 0 Å². The van der Waals surface area contributed by atoms with Gasteiger partial charge in [-0.05, 0) is 54.1 Å². The summed E-state index contributed by atoms with van der Waals surface area (Å²) in [6.07, 6.45) is -1.06. The second-order valence-corrected chi connectivity index (χ2v) is 6.51. The Bertz CT molecular complexity index is 1040. The average Bonchev–Trinajstić information content (AvgIpc) is 2.77. The zero-order chi connectivity index (χ0) is 21.5. The smallest absolute Gasteiger partial charge is 0.255 e. The molecule has 3 aromatic rings. The van der Waals surface area contributed by atoms with Gasteiger partial charge < -0.3 is 20.5 Å². The molecule has 0 spiro atoms. The SMILES string of the molecule is COc1ccc(C(=O)Nc2ccccc2C(=O)NCC(O)c2cccc(F)c2)cc1. The van der Waals surface area contributed by atoms with E-state index in [-0.39, 0.29) is 18.0 Å². The van der Waals surface area contributed by atoms with E-state index in [2.05, 4.69) is 10.6 Å². The number of amides is 2.